The minimum Gasteiger partial charge on any atom is -0.496 e. The van der Waals surface area contributed by atoms with Crippen molar-refractivity contribution < 1.29 is 13.2 Å². The van der Waals surface area contributed by atoms with E-state index in [1.54, 1.807) is 14.2 Å². The maximum Gasteiger partial charge on any atom is 0.215 e. The van der Waals surface area contributed by atoms with E-state index < -0.39 is 10.0 Å². The molecular weight excluding hydrogens is 503 g/mol. The van der Waals surface area contributed by atoms with Crippen molar-refractivity contribution >= 4 is 40.0 Å². The van der Waals surface area contributed by atoms with Gasteiger partial charge in [0.05, 0.1) is 12.9 Å². The van der Waals surface area contributed by atoms with E-state index in [1.807, 2.05) is 49.4 Å². The van der Waals surface area contributed by atoms with Gasteiger partial charge < -0.3 is 15.4 Å². The largest absolute Gasteiger partial charge is 0.496 e. The Morgan fingerprint density at radius 3 is 2.24 bits per heavy atom. The molecule has 0 bridgehead atoms. The van der Waals surface area contributed by atoms with Gasteiger partial charge in [-0.25, -0.2) is 13.1 Å². The lowest BCUT2D eigenvalue weighted by atomic mass is 10.1. The van der Waals surface area contributed by atoms with Gasteiger partial charge in [-0.2, -0.15) is 0 Å². The van der Waals surface area contributed by atoms with Crippen LogP contribution in [0.1, 0.15) is 22.3 Å². The minimum absolute atomic E-state index is 0. The summed E-state index contributed by atoms with van der Waals surface area (Å²) in [5, 5.41) is 6.52. The van der Waals surface area contributed by atoms with Crippen LogP contribution in [0.4, 0.5) is 0 Å². The molecule has 0 fully saturated rings. The van der Waals surface area contributed by atoms with E-state index in [0.717, 1.165) is 28.0 Å². The molecule has 2 aromatic rings. The molecule has 0 unspecified atom stereocenters. The number of aryl methyl sites for hydroxylation is 1. The third kappa shape index (κ3) is 8.19. The van der Waals surface area contributed by atoms with Gasteiger partial charge in [-0.3, -0.25) is 4.99 Å². The summed E-state index contributed by atoms with van der Waals surface area (Å²) >= 11 is 0. The topological polar surface area (TPSA) is 91.8 Å². The van der Waals surface area contributed by atoms with Crippen LogP contribution >= 0.6 is 24.0 Å². The Morgan fingerprint density at radius 1 is 1.03 bits per heavy atom. The van der Waals surface area contributed by atoms with E-state index in [4.69, 9.17) is 4.74 Å². The van der Waals surface area contributed by atoms with Crippen LogP contribution in [0.5, 0.6) is 5.75 Å². The summed E-state index contributed by atoms with van der Waals surface area (Å²) in [5.41, 5.74) is 3.97. The third-order valence-electron chi connectivity index (χ3n) is 4.26. The fourth-order valence-electron chi connectivity index (χ4n) is 2.63. The summed E-state index contributed by atoms with van der Waals surface area (Å²) < 4.78 is 31.0. The average Bonchev–Trinajstić information content (AvgIpc) is 2.69. The first-order chi connectivity index (χ1) is 13.4. The van der Waals surface area contributed by atoms with Gasteiger partial charge in [0.25, 0.3) is 0 Å². The molecular formula is C20H29IN4O3S. The third-order valence-corrected chi connectivity index (χ3v) is 5.60. The lowest BCUT2D eigenvalue weighted by Crippen LogP contribution is -2.36. The van der Waals surface area contributed by atoms with Crippen LogP contribution in [0, 0.1) is 6.92 Å². The maximum absolute atomic E-state index is 11.6. The van der Waals surface area contributed by atoms with Gasteiger partial charge in [0, 0.05) is 25.7 Å². The number of rotatable bonds is 8. The molecule has 0 aliphatic rings. The number of halogens is 1. The van der Waals surface area contributed by atoms with Crippen LogP contribution < -0.4 is 20.1 Å². The fraction of sp³-hybridized carbons (Fsp3) is 0.350. The van der Waals surface area contributed by atoms with Crippen LogP contribution in [0.25, 0.3) is 0 Å². The summed E-state index contributed by atoms with van der Waals surface area (Å²) in [5.74, 6) is 1.48. The number of nitrogens with one attached hydrogen (secondary N) is 3. The zero-order chi connectivity index (χ0) is 20.6. The minimum atomic E-state index is -3.26. The second-order valence-corrected chi connectivity index (χ2v) is 8.30. The number of sulfonamides is 1. The highest BCUT2D eigenvalue weighted by atomic mass is 127. The van der Waals surface area contributed by atoms with Crippen molar-refractivity contribution in [1.29, 1.82) is 0 Å². The number of methoxy groups -OCH3 is 1. The van der Waals surface area contributed by atoms with Gasteiger partial charge in [0.15, 0.2) is 5.96 Å². The van der Waals surface area contributed by atoms with E-state index in [1.165, 1.54) is 7.05 Å². The van der Waals surface area contributed by atoms with Gasteiger partial charge >= 0.3 is 0 Å². The lowest BCUT2D eigenvalue weighted by Gasteiger charge is -2.14. The number of nitrogens with zero attached hydrogens (tertiary/aromatic N) is 1. The van der Waals surface area contributed by atoms with Crippen molar-refractivity contribution in [3.63, 3.8) is 0 Å². The van der Waals surface area contributed by atoms with E-state index in [2.05, 4.69) is 20.3 Å². The molecule has 9 heteroatoms. The van der Waals surface area contributed by atoms with Gasteiger partial charge in [-0.05, 0) is 36.7 Å². The first-order valence-electron chi connectivity index (χ1n) is 8.94. The zero-order valence-corrected chi connectivity index (χ0v) is 20.3. The SMILES string of the molecule is CN=C(NCc1ccc(CS(=O)(=O)NC)cc1)NCc1ccc(C)cc1OC.I. The van der Waals surface area contributed by atoms with Crippen LogP contribution in [0.15, 0.2) is 47.5 Å². The predicted molar refractivity (Wildman–Crippen MR) is 128 cm³/mol. The molecule has 0 aliphatic heterocycles. The van der Waals surface area contributed by atoms with Crippen molar-refractivity contribution in [3.05, 3.63) is 64.7 Å². The van der Waals surface area contributed by atoms with Crippen molar-refractivity contribution in [2.45, 2.75) is 25.8 Å². The van der Waals surface area contributed by atoms with Crippen molar-refractivity contribution in [2.75, 3.05) is 21.2 Å². The summed E-state index contributed by atoms with van der Waals surface area (Å²) in [6.45, 7) is 3.19. The van der Waals surface area contributed by atoms with Crippen molar-refractivity contribution in [3.8, 4) is 5.75 Å². The number of ether oxygens (including phenoxy) is 1. The summed E-state index contributed by atoms with van der Waals surface area (Å²) in [7, 11) is 1.53. The highest BCUT2D eigenvalue weighted by Gasteiger charge is 2.08. The molecule has 0 radical (unpaired) electrons. The summed E-state index contributed by atoms with van der Waals surface area (Å²) in [6, 6.07) is 13.5. The second kappa shape index (κ2) is 12.0. The van der Waals surface area contributed by atoms with E-state index >= 15 is 0 Å². The quantitative estimate of drug-likeness (QED) is 0.276. The highest BCUT2D eigenvalue weighted by Crippen LogP contribution is 2.19. The highest BCUT2D eigenvalue weighted by molar-refractivity contribution is 14.0. The Labute approximate surface area is 190 Å². The molecule has 0 amide bonds. The summed E-state index contributed by atoms with van der Waals surface area (Å²) in [6.07, 6.45) is 0. The standard InChI is InChI=1S/C20H28N4O3S.HI/c1-15-5-10-18(19(11-15)27-4)13-24-20(21-2)23-12-16-6-8-17(9-7-16)14-28(25,26)22-3;/h5-11,22H,12-14H2,1-4H3,(H2,21,23,24);1H. The zero-order valence-electron chi connectivity index (χ0n) is 17.2. The van der Waals surface area contributed by atoms with Crippen LogP contribution in [-0.4, -0.2) is 35.6 Å². The molecule has 0 saturated heterocycles. The second-order valence-electron chi connectivity index (χ2n) is 6.37. The molecule has 0 saturated carbocycles. The normalized spacial score (nSPS) is 11.5. The molecule has 7 nitrogen and oxygen atoms in total. The Bertz CT molecular complexity index is 916. The van der Waals surface area contributed by atoms with Gasteiger partial charge in [0.2, 0.25) is 10.0 Å². The van der Waals surface area contributed by atoms with Gasteiger partial charge in [-0.1, -0.05) is 36.4 Å². The maximum atomic E-state index is 11.6. The Morgan fingerprint density at radius 2 is 1.66 bits per heavy atom. The molecule has 3 N–H and O–H groups in total. The van der Waals surface area contributed by atoms with Crippen molar-refractivity contribution in [1.82, 2.24) is 15.4 Å². The Hall–Kier alpha value is -1.85. The molecule has 0 aliphatic carbocycles. The van der Waals surface area contributed by atoms with E-state index in [9.17, 15) is 8.42 Å². The molecule has 160 valence electrons. The molecule has 0 aromatic heterocycles. The average molecular weight is 532 g/mol. The first kappa shape index (κ1) is 25.2. The molecule has 0 atom stereocenters. The number of hydrogen-bond acceptors (Lipinski definition) is 4. The number of hydrogen-bond donors (Lipinski definition) is 3. The fourth-order valence-corrected chi connectivity index (χ4v) is 3.40. The molecule has 0 heterocycles. The van der Waals surface area contributed by atoms with Crippen LogP contribution in [0.2, 0.25) is 0 Å². The van der Waals surface area contributed by atoms with Crippen molar-refractivity contribution in [2.24, 2.45) is 4.99 Å². The van der Waals surface area contributed by atoms with Crippen LogP contribution in [-0.2, 0) is 28.9 Å². The number of benzene rings is 2. The summed E-state index contributed by atoms with van der Waals surface area (Å²) in [4.78, 5) is 4.23. The Balaban J connectivity index is 0.00000420. The van der Waals surface area contributed by atoms with E-state index in [0.29, 0.717) is 19.0 Å². The Kier molecular flexibility index (Phi) is 10.4. The van der Waals surface area contributed by atoms with Gasteiger partial charge in [-0.15, -0.1) is 24.0 Å². The number of aliphatic imine (C=N–C) groups is 1. The predicted octanol–water partition coefficient (Wildman–Crippen LogP) is 2.54. The smallest absolute Gasteiger partial charge is 0.215 e. The molecule has 0 spiro atoms. The van der Waals surface area contributed by atoms with Crippen LogP contribution in [0.3, 0.4) is 0 Å². The number of guanidine groups is 1. The molecule has 2 rings (SSSR count). The van der Waals surface area contributed by atoms with E-state index in [-0.39, 0.29) is 29.7 Å². The monoisotopic (exact) mass is 532 g/mol. The molecule has 2 aromatic carbocycles. The molecule has 29 heavy (non-hydrogen) atoms. The lowest BCUT2D eigenvalue weighted by molar-refractivity contribution is 0.408. The first-order valence-corrected chi connectivity index (χ1v) is 10.6. The van der Waals surface area contributed by atoms with Gasteiger partial charge in [0.1, 0.15) is 5.75 Å².